The molecule has 0 bridgehead atoms. The molecule has 2 heterocycles. The van der Waals surface area contributed by atoms with E-state index in [0.717, 1.165) is 16.8 Å². The van der Waals surface area contributed by atoms with E-state index in [2.05, 4.69) is 10.4 Å². The maximum Gasteiger partial charge on any atom is 0.335 e. The predicted molar refractivity (Wildman–Crippen MR) is 75.9 cm³/mol. The SMILES string of the molecule is O=C(O)c1cccc(NCc2cnn3ccccc23)c1. The lowest BCUT2D eigenvalue weighted by molar-refractivity contribution is 0.0697. The summed E-state index contributed by atoms with van der Waals surface area (Å²) in [6, 6.07) is 12.6. The Kier molecular flexibility index (Phi) is 3.09. The van der Waals surface area contributed by atoms with Crippen molar-refractivity contribution in [2.75, 3.05) is 5.32 Å². The van der Waals surface area contributed by atoms with Crippen LogP contribution in [0.4, 0.5) is 5.69 Å². The normalized spacial score (nSPS) is 10.6. The van der Waals surface area contributed by atoms with E-state index >= 15 is 0 Å². The second-order valence-corrected chi connectivity index (χ2v) is 4.44. The smallest absolute Gasteiger partial charge is 0.335 e. The third-order valence-corrected chi connectivity index (χ3v) is 3.10. The third kappa shape index (κ3) is 2.33. The Hall–Kier alpha value is -2.82. The Morgan fingerprint density at radius 1 is 1.25 bits per heavy atom. The molecule has 0 saturated heterocycles. The molecule has 0 saturated carbocycles. The number of pyridine rings is 1. The molecule has 2 aromatic heterocycles. The van der Waals surface area contributed by atoms with Crippen LogP contribution >= 0.6 is 0 Å². The van der Waals surface area contributed by atoms with Crippen LogP contribution in [0.1, 0.15) is 15.9 Å². The fourth-order valence-corrected chi connectivity index (χ4v) is 2.08. The van der Waals surface area contributed by atoms with Crippen LogP contribution in [0.2, 0.25) is 0 Å². The zero-order valence-corrected chi connectivity index (χ0v) is 10.7. The Bertz CT molecular complexity index is 764. The van der Waals surface area contributed by atoms with Crippen LogP contribution in [-0.2, 0) is 6.54 Å². The van der Waals surface area contributed by atoms with Crippen LogP contribution in [0, 0.1) is 0 Å². The van der Waals surface area contributed by atoms with Gasteiger partial charge in [0.25, 0.3) is 0 Å². The van der Waals surface area contributed by atoms with Crippen LogP contribution in [0.3, 0.4) is 0 Å². The second-order valence-electron chi connectivity index (χ2n) is 4.44. The minimum absolute atomic E-state index is 0.273. The van der Waals surface area contributed by atoms with Crippen LogP contribution in [0.15, 0.2) is 54.9 Å². The lowest BCUT2D eigenvalue weighted by atomic mass is 10.2. The van der Waals surface area contributed by atoms with Gasteiger partial charge >= 0.3 is 5.97 Å². The quantitative estimate of drug-likeness (QED) is 0.762. The van der Waals surface area contributed by atoms with Crippen molar-refractivity contribution in [2.45, 2.75) is 6.54 Å². The molecule has 0 fully saturated rings. The molecule has 0 atom stereocenters. The van der Waals surface area contributed by atoms with Crippen molar-refractivity contribution in [1.82, 2.24) is 9.61 Å². The first-order valence-corrected chi connectivity index (χ1v) is 6.22. The summed E-state index contributed by atoms with van der Waals surface area (Å²) in [6.45, 7) is 0.594. The summed E-state index contributed by atoms with van der Waals surface area (Å²) in [4.78, 5) is 10.9. The number of aromatic nitrogens is 2. The topological polar surface area (TPSA) is 66.6 Å². The van der Waals surface area contributed by atoms with Crippen LogP contribution < -0.4 is 5.32 Å². The van der Waals surface area contributed by atoms with Crippen molar-refractivity contribution in [2.24, 2.45) is 0 Å². The lowest BCUT2D eigenvalue weighted by Crippen LogP contribution is -2.01. The van der Waals surface area contributed by atoms with E-state index in [1.165, 1.54) is 0 Å². The van der Waals surface area contributed by atoms with Crippen LogP contribution in [0.5, 0.6) is 0 Å². The van der Waals surface area contributed by atoms with Gasteiger partial charge in [0, 0.05) is 24.0 Å². The van der Waals surface area contributed by atoms with Crippen molar-refractivity contribution in [3.05, 3.63) is 66.0 Å². The van der Waals surface area contributed by atoms with E-state index < -0.39 is 5.97 Å². The van der Waals surface area contributed by atoms with Gasteiger partial charge in [0.15, 0.2) is 0 Å². The highest BCUT2D eigenvalue weighted by molar-refractivity contribution is 5.88. The summed E-state index contributed by atoms with van der Waals surface area (Å²) in [7, 11) is 0. The van der Waals surface area contributed by atoms with Gasteiger partial charge in [-0.1, -0.05) is 12.1 Å². The Morgan fingerprint density at radius 2 is 2.15 bits per heavy atom. The van der Waals surface area contributed by atoms with Crippen molar-refractivity contribution >= 4 is 17.2 Å². The number of carboxylic acid groups (broad SMARTS) is 1. The van der Waals surface area contributed by atoms with E-state index in [-0.39, 0.29) is 5.56 Å². The van der Waals surface area contributed by atoms with Crippen LogP contribution in [0.25, 0.3) is 5.52 Å². The molecule has 1 aromatic carbocycles. The summed E-state index contributed by atoms with van der Waals surface area (Å²) < 4.78 is 1.81. The second kappa shape index (κ2) is 5.05. The molecule has 20 heavy (non-hydrogen) atoms. The maximum absolute atomic E-state index is 10.9. The number of fused-ring (bicyclic) bond motifs is 1. The number of benzene rings is 1. The molecule has 2 N–H and O–H groups in total. The number of carbonyl (C=O) groups is 1. The summed E-state index contributed by atoms with van der Waals surface area (Å²) in [6.07, 6.45) is 3.70. The molecular formula is C15H13N3O2. The van der Waals surface area contributed by atoms with Crippen molar-refractivity contribution in [3.63, 3.8) is 0 Å². The first kappa shape index (κ1) is 12.2. The number of hydrogen-bond acceptors (Lipinski definition) is 3. The Labute approximate surface area is 115 Å². The molecule has 0 unspecified atom stereocenters. The van der Waals surface area contributed by atoms with Gasteiger partial charge in [0.1, 0.15) is 0 Å². The van der Waals surface area contributed by atoms with Gasteiger partial charge in [0.05, 0.1) is 17.3 Å². The summed E-state index contributed by atoms with van der Waals surface area (Å²) in [5.74, 6) is -0.926. The van der Waals surface area contributed by atoms with Gasteiger partial charge in [-0.2, -0.15) is 5.10 Å². The molecule has 0 aliphatic rings. The molecule has 0 amide bonds. The van der Waals surface area contributed by atoms with Gasteiger partial charge < -0.3 is 10.4 Å². The molecule has 100 valence electrons. The van der Waals surface area contributed by atoms with E-state index in [1.54, 1.807) is 18.2 Å². The monoisotopic (exact) mass is 267 g/mol. The minimum Gasteiger partial charge on any atom is -0.478 e. The fourth-order valence-electron chi connectivity index (χ4n) is 2.08. The average Bonchev–Trinajstić information content (AvgIpc) is 2.89. The zero-order valence-electron chi connectivity index (χ0n) is 10.7. The highest BCUT2D eigenvalue weighted by atomic mass is 16.4. The van der Waals surface area contributed by atoms with Gasteiger partial charge in [-0.3, -0.25) is 0 Å². The van der Waals surface area contributed by atoms with E-state index in [1.807, 2.05) is 41.2 Å². The molecular weight excluding hydrogens is 254 g/mol. The van der Waals surface area contributed by atoms with Gasteiger partial charge in [-0.05, 0) is 30.3 Å². The third-order valence-electron chi connectivity index (χ3n) is 3.10. The lowest BCUT2D eigenvalue weighted by Gasteiger charge is -2.06. The Morgan fingerprint density at radius 3 is 3.00 bits per heavy atom. The highest BCUT2D eigenvalue weighted by Crippen LogP contribution is 2.15. The number of nitrogens with zero attached hydrogens (tertiary/aromatic N) is 2. The summed E-state index contributed by atoms with van der Waals surface area (Å²) in [5.41, 5.74) is 3.15. The largest absolute Gasteiger partial charge is 0.478 e. The molecule has 0 aliphatic carbocycles. The van der Waals surface area contributed by atoms with Gasteiger partial charge in [-0.15, -0.1) is 0 Å². The standard InChI is InChI=1S/C15H13N3O2/c19-15(20)11-4-3-5-13(8-11)16-9-12-10-17-18-7-2-1-6-14(12)18/h1-8,10,16H,9H2,(H,19,20). The molecule has 0 radical (unpaired) electrons. The van der Waals surface area contributed by atoms with Crippen LogP contribution in [-0.4, -0.2) is 20.7 Å². The fraction of sp³-hybridized carbons (Fsp3) is 0.0667. The zero-order chi connectivity index (χ0) is 13.9. The molecule has 5 nitrogen and oxygen atoms in total. The van der Waals surface area contributed by atoms with Crippen molar-refractivity contribution < 1.29 is 9.90 Å². The van der Waals surface area contributed by atoms with Crippen molar-refractivity contribution in [3.8, 4) is 0 Å². The first-order chi connectivity index (χ1) is 9.74. The predicted octanol–water partition coefficient (Wildman–Crippen LogP) is 2.64. The molecule has 3 aromatic rings. The Balaban J connectivity index is 1.79. The van der Waals surface area contributed by atoms with E-state index in [0.29, 0.717) is 6.54 Å². The number of nitrogens with one attached hydrogen (secondary N) is 1. The molecule has 0 spiro atoms. The van der Waals surface area contributed by atoms with E-state index in [9.17, 15) is 4.79 Å². The molecule has 3 rings (SSSR count). The summed E-state index contributed by atoms with van der Waals surface area (Å²) in [5, 5.41) is 16.4. The first-order valence-electron chi connectivity index (χ1n) is 6.22. The highest BCUT2D eigenvalue weighted by Gasteiger charge is 2.05. The van der Waals surface area contributed by atoms with Crippen molar-refractivity contribution in [1.29, 1.82) is 0 Å². The maximum atomic E-state index is 10.9. The number of hydrogen-bond donors (Lipinski definition) is 2. The van der Waals surface area contributed by atoms with Gasteiger partial charge in [0.2, 0.25) is 0 Å². The minimum atomic E-state index is -0.926. The number of rotatable bonds is 4. The number of carboxylic acids is 1. The van der Waals surface area contributed by atoms with Gasteiger partial charge in [-0.25, -0.2) is 9.31 Å². The number of aromatic carboxylic acids is 1. The summed E-state index contributed by atoms with van der Waals surface area (Å²) >= 11 is 0. The number of anilines is 1. The average molecular weight is 267 g/mol. The molecule has 0 aliphatic heterocycles. The molecule has 5 heteroatoms. The van der Waals surface area contributed by atoms with E-state index in [4.69, 9.17) is 5.11 Å².